The average Bonchev–Trinajstić information content (AvgIpc) is 3.12. The Hall–Kier alpha value is -2.82. The number of nitrogens with zero attached hydrogens (tertiary/aromatic N) is 2. The van der Waals surface area contributed by atoms with Crippen LogP contribution in [0.4, 0.5) is 0 Å². The molecule has 27 heavy (non-hydrogen) atoms. The van der Waals surface area contributed by atoms with Crippen molar-refractivity contribution in [2.75, 3.05) is 0 Å². The van der Waals surface area contributed by atoms with Gasteiger partial charge in [0.2, 0.25) is 0 Å². The molecule has 0 aromatic heterocycles. The van der Waals surface area contributed by atoms with Gasteiger partial charge in [-0.1, -0.05) is 71.5 Å². The van der Waals surface area contributed by atoms with Gasteiger partial charge in [-0.2, -0.15) is 13.7 Å². The van der Waals surface area contributed by atoms with Gasteiger partial charge in [-0.25, -0.2) is 0 Å². The van der Waals surface area contributed by atoms with Gasteiger partial charge in [0.05, 0.1) is 5.57 Å². The Labute approximate surface area is 162 Å². The number of hydrogen-bond donors (Lipinski definition) is 0. The number of allylic oxidation sites excluding steroid dienone is 2. The highest BCUT2D eigenvalue weighted by Crippen LogP contribution is 2.34. The molecular formula is C20H16N2O3S2. The lowest BCUT2D eigenvalue weighted by atomic mass is 10.0. The second-order valence-corrected chi connectivity index (χ2v) is 8.41. The SMILES string of the molecule is Cc1ccccc1C(C#N)=C1C=CC(=NOS(=O)(=O)Cc2ccccc2)S1. The molecule has 1 heterocycles. The van der Waals surface area contributed by atoms with Gasteiger partial charge in [0, 0.05) is 4.91 Å². The van der Waals surface area contributed by atoms with Crippen LogP contribution in [0.5, 0.6) is 0 Å². The van der Waals surface area contributed by atoms with Crippen molar-refractivity contribution in [3.05, 3.63) is 88.3 Å². The highest BCUT2D eigenvalue weighted by atomic mass is 32.2. The minimum atomic E-state index is -3.84. The molecule has 0 unspecified atom stereocenters. The molecule has 1 aliphatic heterocycles. The zero-order chi connectivity index (χ0) is 19.3. The fraction of sp³-hybridized carbons (Fsp3) is 0.100. The van der Waals surface area contributed by atoms with E-state index in [0.29, 0.717) is 21.1 Å². The summed E-state index contributed by atoms with van der Waals surface area (Å²) in [4.78, 5) is 0.703. The van der Waals surface area contributed by atoms with Crippen LogP contribution in [-0.4, -0.2) is 13.5 Å². The van der Waals surface area contributed by atoms with Gasteiger partial charge in [0.1, 0.15) is 16.9 Å². The van der Waals surface area contributed by atoms with Crippen molar-refractivity contribution in [1.82, 2.24) is 0 Å². The largest absolute Gasteiger partial charge is 0.332 e. The first kappa shape index (κ1) is 19.0. The molecule has 3 rings (SSSR count). The highest BCUT2D eigenvalue weighted by molar-refractivity contribution is 8.18. The van der Waals surface area contributed by atoms with Crippen LogP contribution in [0.25, 0.3) is 5.57 Å². The predicted octanol–water partition coefficient (Wildman–Crippen LogP) is 4.39. The Kier molecular flexibility index (Phi) is 5.79. The molecule has 0 atom stereocenters. The summed E-state index contributed by atoms with van der Waals surface area (Å²) in [5, 5.41) is 13.7. The molecule has 0 aliphatic carbocycles. The topological polar surface area (TPSA) is 79.5 Å². The van der Waals surface area contributed by atoms with E-state index in [4.69, 9.17) is 4.28 Å². The van der Waals surface area contributed by atoms with E-state index in [1.165, 1.54) is 11.8 Å². The quantitative estimate of drug-likeness (QED) is 0.553. The number of benzene rings is 2. The van der Waals surface area contributed by atoms with Gasteiger partial charge in [-0.3, -0.25) is 4.28 Å². The van der Waals surface area contributed by atoms with E-state index >= 15 is 0 Å². The second kappa shape index (κ2) is 8.25. The maximum Gasteiger partial charge on any atom is 0.332 e. The van der Waals surface area contributed by atoms with Crippen molar-refractivity contribution in [2.45, 2.75) is 12.7 Å². The Morgan fingerprint density at radius 1 is 1.11 bits per heavy atom. The lowest BCUT2D eigenvalue weighted by Gasteiger charge is -2.06. The van der Waals surface area contributed by atoms with E-state index in [9.17, 15) is 13.7 Å². The zero-order valence-electron chi connectivity index (χ0n) is 14.5. The normalized spacial score (nSPS) is 17.0. The lowest BCUT2D eigenvalue weighted by molar-refractivity contribution is 0.340. The van der Waals surface area contributed by atoms with E-state index in [0.717, 1.165) is 11.1 Å². The summed E-state index contributed by atoms with van der Waals surface area (Å²) in [5.41, 5.74) is 2.97. The molecule has 1 aliphatic rings. The van der Waals surface area contributed by atoms with Crippen LogP contribution >= 0.6 is 11.8 Å². The van der Waals surface area contributed by atoms with Gasteiger partial charge in [0.15, 0.2) is 0 Å². The monoisotopic (exact) mass is 396 g/mol. The van der Waals surface area contributed by atoms with E-state index in [-0.39, 0.29) is 5.75 Å². The maximum absolute atomic E-state index is 12.1. The van der Waals surface area contributed by atoms with Crippen molar-refractivity contribution in [2.24, 2.45) is 5.16 Å². The van der Waals surface area contributed by atoms with E-state index in [1.54, 1.807) is 36.4 Å². The van der Waals surface area contributed by atoms with Gasteiger partial charge in [-0.05, 0) is 35.8 Å². The van der Waals surface area contributed by atoms with E-state index < -0.39 is 10.1 Å². The molecule has 7 heteroatoms. The van der Waals surface area contributed by atoms with Crippen LogP contribution in [0, 0.1) is 18.3 Å². The summed E-state index contributed by atoms with van der Waals surface area (Å²) in [6.45, 7) is 1.94. The summed E-state index contributed by atoms with van der Waals surface area (Å²) < 4.78 is 28.9. The highest BCUT2D eigenvalue weighted by Gasteiger charge is 2.18. The number of rotatable bonds is 5. The molecular weight excluding hydrogens is 380 g/mol. The average molecular weight is 396 g/mol. The van der Waals surface area contributed by atoms with Crippen molar-refractivity contribution in [3.63, 3.8) is 0 Å². The van der Waals surface area contributed by atoms with Crippen LogP contribution in [0.3, 0.4) is 0 Å². The van der Waals surface area contributed by atoms with Gasteiger partial charge in [0.25, 0.3) is 0 Å². The number of aryl methyl sites for hydroxylation is 1. The summed E-state index contributed by atoms with van der Waals surface area (Å²) in [6.07, 6.45) is 3.37. The molecule has 2 aromatic rings. The Morgan fingerprint density at radius 2 is 1.81 bits per heavy atom. The first-order valence-corrected chi connectivity index (χ1v) is 10.5. The van der Waals surface area contributed by atoms with Crippen molar-refractivity contribution >= 4 is 32.5 Å². The standard InChI is InChI=1S/C20H16N2O3S2/c1-15-7-5-6-10-17(15)18(13-21)19-11-12-20(26-19)22-25-27(23,24)14-16-8-3-2-4-9-16/h2-12H,14H2,1H3. The molecule has 0 saturated heterocycles. The molecule has 0 fully saturated rings. The van der Waals surface area contributed by atoms with E-state index in [1.807, 2.05) is 37.3 Å². The molecule has 5 nitrogen and oxygen atoms in total. The van der Waals surface area contributed by atoms with Crippen LogP contribution < -0.4 is 0 Å². The third kappa shape index (κ3) is 4.88. The van der Waals surface area contributed by atoms with Crippen LogP contribution in [0.2, 0.25) is 0 Å². The van der Waals surface area contributed by atoms with Crippen molar-refractivity contribution in [1.29, 1.82) is 5.26 Å². The second-order valence-electron chi connectivity index (χ2n) is 5.79. The van der Waals surface area contributed by atoms with E-state index in [2.05, 4.69) is 11.2 Å². The minimum absolute atomic E-state index is 0.256. The van der Waals surface area contributed by atoms with Crippen LogP contribution in [0.1, 0.15) is 16.7 Å². The number of nitriles is 1. The molecule has 2 aromatic carbocycles. The Morgan fingerprint density at radius 3 is 2.52 bits per heavy atom. The first-order valence-electron chi connectivity index (χ1n) is 8.08. The Bertz CT molecular complexity index is 1080. The maximum atomic E-state index is 12.1. The minimum Gasteiger partial charge on any atom is -0.267 e. The molecule has 0 saturated carbocycles. The van der Waals surface area contributed by atoms with Gasteiger partial charge >= 0.3 is 10.1 Å². The van der Waals surface area contributed by atoms with Crippen LogP contribution in [0.15, 0.2) is 76.8 Å². The number of oxime groups is 1. The third-order valence-corrected chi connectivity index (χ3v) is 5.76. The van der Waals surface area contributed by atoms with Crippen LogP contribution in [-0.2, 0) is 20.2 Å². The zero-order valence-corrected chi connectivity index (χ0v) is 16.1. The first-order chi connectivity index (χ1) is 13.0. The van der Waals surface area contributed by atoms with Gasteiger partial charge in [-0.15, -0.1) is 0 Å². The molecule has 0 amide bonds. The fourth-order valence-corrected chi connectivity index (χ4v) is 4.23. The molecule has 0 spiro atoms. The number of hydrogen-bond acceptors (Lipinski definition) is 6. The molecule has 0 bridgehead atoms. The summed E-state index contributed by atoms with van der Waals surface area (Å²) >= 11 is 1.20. The van der Waals surface area contributed by atoms with Gasteiger partial charge < -0.3 is 0 Å². The molecule has 136 valence electrons. The summed E-state index contributed by atoms with van der Waals surface area (Å²) in [7, 11) is -3.84. The Balaban J connectivity index is 1.75. The molecule has 0 N–H and O–H groups in total. The third-order valence-electron chi connectivity index (χ3n) is 3.79. The van der Waals surface area contributed by atoms with Crippen molar-refractivity contribution < 1.29 is 12.7 Å². The predicted molar refractivity (Wildman–Crippen MR) is 108 cm³/mol. The lowest BCUT2D eigenvalue weighted by Crippen LogP contribution is -2.06. The molecule has 0 radical (unpaired) electrons. The fourth-order valence-electron chi connectivity index (χ4n) is 2.51. The number of thioether (sulfide) groups is 1. The summed E-state index contributed by atoms with van der Waals surface area (Å²) in [6, 6.07) is 18.6. The summed E-state index contributed by atoms with van der Waals surface area (Å²) in [5.74, 6) is -0.256. The smallest absolute Gasteiger partial charge is 0.267 e. The van der Waals surface area contributed by atoms with Crippen molar-refractivity contribution in [3.8, 4) is 6.07 Å².